The van der Waals surface area contributed by atoms with E-state index in [0.29, 0.717) is 0 Å². The van der Waals surface area contributed by atoms with E-state index in [-0.39, 0.29) is 0 Å². The van der Waals surface area contributed by atoms with Crippen LogP contribution in [0.15, 0.2) is 48.7 Å². The van der Waals surface area contributed by atoms with E-state index in [0.717, 1.165) is 23.3 Å². The monoisotopic (exact) mass is 213 g/mol. The highest BCUT2D eigenvalue weighted by molar-refractivity contribution is 5.76. The molecule has 84 valence electrons. The zero-order valence-electron chi connectivity index (χ0n) is 10.3. The second kappa shape index (κ2) is 6.06. The maximum absolute atomic E-state index is 4.36. The number of pyridine rings is 1. The number of aryl methyl sites for hydroxylation is 1. The summed E-state index contributed by atoms with van der Waals surface area (Å²) in [7, 11) is 0. The first-order valence-electron chi connectivity index (χ1n) is 5.61. The Balaban J connectivity index is 2.91. The Morgan fingerprint density at radius 1 is 1.50 bits per heavy atom. The van der Waals surface area contributed by atoms with Crippen molar-refractivity contribution in [3.63, 3.8) is 0 Å². The van der Waals surface area contributed by atoms with E-state index in [2.05, 4.69) is 56.6 Å². The Morgan fingerprint density at radius 2 is 2.25 bits per heavy atom. The first kappa shape index (κ1) is 12.4. The highest BCUT2D eigenvalue weighted by Gasteiger charge is 2.04. The average molecular weight is 213 g/mol. The number of allylic oxidation sites excluding steroid dienone is 5. The summed E-state index contributed by atoms with van der Waals surface area (Å²) in [6, 6.07) is 4.00. The van der Waals surface area contributed by atoms with Crippen LogP contribution in [0.2, 0.25) is 0 Å². The lowest BCUT2D eigenvalue weighted by Gasteiger charge is -2.07. The van der Waals surface area contributed by atoms with Gasteiger partial charge in [0.15, 0.2) is 0 Å². The van der Waals surface area contributed by atoms with Crippen LogP contribution in [-0.2, 0) is 0 Å². The van der Waals surface area contributed by atoms with Gasteiger partial charge in [-0.3, -0.25) is 4.98 Å². The van der Waals surface area contributed by atoms with E-state index in [9.17, 15) is 0 Å². The molecular formula is C15H19N. The second-order valence-corrected chi connectivity index (χ2v) is 3.83. The van der Waals surface area contributed by atoms with Crippen LogP contribution < -0.4 is 0 Å². The van der Waals surface area contributed by atoms with E-state index < -0.39 is 0 Å². The molecule has 0 amide bonds. The Kier molecular flexibility index (Phi) is 4.71. The fourth-order valence-corrected chi connectivity index (χ4v) is 1.44. The lowest BCUT2D eigenvalue weighted by molar-refractivity contribution is 1.21. The van der Waals surface area contributed by atoms with Gasteiger partial charge in [-0.1, -0.05) is 37.8 Å². The Morgan fingerprint density at radius 3 is 2.88 bits per heavy atom. The SMILES string of the molecule is C=C(/C(C)=C\C=C/CC)c1ncccc1C. The molecule has 16 heavy (non-hydrogen) atoms. The Hall–Kier alpha value is -1.63. The second-order valence-electron chi connectivity index (χ2n) is 3.83. The molecule has 1 aromatic heterocycles. The fourth-order valence-electron chi connectivity index (χ4n) is 1.44. The molecule has 0 N–H and O–H groups in total. The molecule has 0 saturated carbocycles. The van der Waals surface area contributed by atoms with Gasteiger partial charge in [0, 0.05) is 6.20 Å². The maximum Gasteiger partial charge on any atom is 0.0727 e. The highest BCUT2D eigenvalue weighted by atomic mass is 14.7. The molecule has 0 saturated heterocycles. The number of rotatable bonds is 4. The predicted molar refractivity (Wildman–Crippen MR) is 71.2 cm³/mol. The van der Waals surface area contributed by atoms with Crippen molar-refractivity contribution in [1.82, 2.24) is 4.98 Å². The van der Waals surface area contributed by atoms with Crippen molar-refractivity contribution < 1.29 is 0 Å². The van der Waals surface area contributed by atoms with Gasteiger partial charge in [0.2, 0.25) is 0 Å². The number of aromatic nitrogens is 1. The van der Waals surface area contributed by atoms with Crippen LogP contribution in [0.5, 0.6) is 0 Å². The molecule has 0 bridgehead atoms. The van der Waals surface area contributed by atoms with Crippen LogP contribution >= 0.6 is 0 Å². The summed E-state index contributed by atoms with van der Waals surface area (Å²) >= 11 is 0. The van der Waals surface area contributed by atoms with E-state index in [4.69, 9.17) is 0 Å². The molecule has 1 aromatic rings. The zero-order chi connectivity index (χ0) is 12.0. The molecule has 1 heteroatoms. The maximum atomic E-state index is 4.36. The molecule has 0 aromatic carbocycles. The molecule has 0 atom stereocenters. The molecule has 1 rings (SSSR count). The lowest BCUT2D eigenvalue weighted by Crippen LogP contribution is -1.92. The molecule has 0 aliphatic rings. The fraction of sp³-hybridized carbons (Fsp3) is 0.267. The van der Waals surface area contributed by atoms with Crippen LogP contribution in [0.1, 0.15) is 31.5 Å². The van der Waals surface area contributed by atoms with Crippen molar-refractivity contribution in [2.75, 3.05) is 0 Å². The molecule has 0 radical (unpaired) electrons. The van der Waals surface area contributed by atoms with Gasteiger partial charge in [0.25, 0.3) is 0 Å². The minimum Gasteiger partial charge on any atom is -0.256 e. The summed E-state index contributed by atoms with van der Waals surface area (Å²) < 4.78 is 0. The topological polar surface area (TPSA) is 12.9 Å². The largest absolute Gasteiger partial charge is 0.256 e. The molecule has 1 heterocycles. The van der Waals surface area contributed by atoms with Crippen LogP contribution in [0.25, 0.3) is 5.57 Å². The third-order valence-corrected chi connectivity index (χ3v) is 2.49. The van der Waals surface area contributed by atoms with Gasteiger partial charge < -0.3 is 0 Å². The predicted octanol–water partition coefficient (Wildman–Crippen LogP) is 4.32. The molecular weight excluding hydrogens is 194 g/mol. The highest BCUT2D eigenvalue weighted by Crippen LogP contribution is 2.21. The van der Waals surface area contributed by atoms with Crippen molar-refractivity contribution in [2.45, 2.75) is 27.2 Å². The van der Waals surface area contributed by atoms with Crippen LogP contribution in [0.4, 0.5) is 0 Å². The molecule has 0 unspecified atom stereocenters. The number of hydrogen-bond donors (Lipinski definition) is 0. The summed E-state index contributed by atoms with van der Waals surface area (Å²) in [4.78, 5) is 4.36. The van der Waals surface area contributed by atoms with Gasteiger partial charge in [-0.2, -0.15) is 0 Å². The first-order chi connectivity index (χ1) is 7.66. The van der Waals surface area contributed by atoms with E-state index >= 15 is 0 Å². The van der Waals surface area contributed by atoms with Crippen molar-refractivity contribution in [3.05, 3.63) is 60.0 Å². The molecule has 1 nitrogen and oxygen atoms in total. The van der Waals surface area contributed by atoms with Crippen molar-refractivity contribution in [1.29, 1.82) is 0 Å². The van der Waals surface area contributed by atoms with Gasteiger partial charge in [-0.05, 0) is 43.0 Å². The summed E-state index contributed by atoms with van der Waals surface area (Å²) in [6.07, 6.45) is 9.14. The molecule has 0 fully saturated rings. The number of nitrogens with zero attached hydrogens (tertiary/aromatic N) is 1. The summed E-state index contributed by atoms with van der Waals surface area (Å²) in [5, 5.41) is 0. The third-order valence-electron chi connectivity index (χ3n) is 2.49. The normalized spacial score (nSPS) is 12.1. The van der Waals surface area contributed by atoms with Gasteiger partial charge in [0.05, 0.1) is 5.69 Å². The van der Waals surface area contributed by atoms with Gasteiger partial charge in [0.1, 0.15) is 0 Å². The van der Waals surface area contributed by atoms with Gasteiger partial charge >= 0.3 is 0 Å². The minimum atomic E-state index is 0.987. The van der Waals surface area contributed by atoms with E-state index in [1.165, 1.54) is 5.56 Å². The summed E-state index contributed by atoms with van der Waals surface area (Å²) in [6.45, 7) is 10.3. The van der Waals surface area contributed by atoms with Crippen molar-refractivity contribution >= 4 is 5.57 Å². The zero-order valence-corrected chi connectivity index (χ0v) is 10.3. The van der Waals surface area contributed by atoms with Crippen molar-refractivity contribution in [2.24, 2.45) is 0 Å². The summed E-state index contributed by atoms with van der Waals surface area (Å²) in [5.74, 6) is 0. The van der Waals surface area contributed by atoms with Crippen molar-refractivity contribution in [3.8, 4) is 0 Å². The number of hydrogen-bond acceptors (Lipinski definition) is 1. The van der Waals surface area contributed by atoms with Crippen LogP contribution in [0, 0.1) is 6.92 Å². The molecule has 0 spiro atoms. The van der Waals surface area contributed by atoms with Gasteiger partial charge in [-0.25, -0.2) is 0 Å². The third kappa shape index (κ3) is 3.20. The quantitative estimate of drug-likeness (QED) is 0.679. The van der Waals surface area contributed by atoms with Gasteiger partial charge in [-0.15, -0.1) is 0 Å². The molecule has 0 aliphatic carbocycles. The standard InChI is InChI=1S/C15H19N/c1-5-6-7-9-12(2)14(4)15-13(3)10-8-11-16-15/h6-11H,4-5H2,1-3H3/b7-6-,12-9-. The van der Waals surface area contributed by atoms with Crippen LogP contribution in [-0.4, -0.2) is 4.98 Å². The lowest BCUT2D eigenvalue weighted by atomic mass is 10.0. The van der Waals surface area contributed by atoms with E-state index in [1.807, 2.05) is 12.3 Å². The minimum absolute atomic E-state index is 0.987. The van der Waals surface area contributed by atoms with Crippen LogP contribution in [0.3, 0.4) is 0 Å². The average Bonchev–Trinajstić information content (AvgIpc) is 2.29. The Labute approximate surface area is 98.2 Å². The smallest absolute Gasteiger partial charge is 0.0727 e. The summed E-state index contributed by atoms with van der Waals surface area (Å²) in [5.41, 5.74) is 4.31. The molecule has 0 aliphatic heterocycles. The Bertz CT molecular complexity index is 425. The first-order valence-corrected chi connectivity index (χ1v) is 5.61. The van der Waals surface area contributed by atoms with E-state index in [1.54, 1.807) is 0 Å².